The van der Waals surface area contributed by atoms with Crippen LogP contribution in [-0.2, 0) is 6.42 Å². The SMILES string of the molecule is O=C(O)Nc1ccccc1CCCBr. The summed E-state index contributed by atoms with van der Waals surface area (Å²) in [6.07, 6.45) is 0.858. The van der Waals surface area contributed by atoms with E-state index in [0.29, 0.717) is 5.69 Å². The number of anilines is 1. The van der Waals surface area contributed by atoms with Gasteiger partial charge < -0.3 is 5.11 Å². The average molecular weight is 258 g/mol. The quantitative estimate of drug-likeness (QED) is 0.815. The number of amides is 1. The smallest absolute Gasteiger partial charge is 0.409 e. The Morgan fingerprint density at radius 3 is 2.79 bits per heavy atom. The van der Waals surface area contributed by atoms with Crippen LogP contribution in [0.4, 0.5) is 10.5 Å². The normalized spacial score (nSPS) is 9.79. The minimum atomic E-state index is -1.02. The van der Waals surface area contributed by atoms with Gasteiger partial charge >= 0.3 is 6.09 Å². The van der Waals surface area contributed by atoms with Crippen LogP contribution in [0, 0.1) is 0 Å². The maximum absolute atomic E-state index is 10.5. The minimum Gasteiger partial charge on any atom is -0.465 e. The molecule has 3 nitrogen and oxygen atoms in total. The van der Waals surface area contributed by atoms with Gasteiger partial charge in [0.25, 0.3) is 0 Å². The molecule has 1 amide bonds. The number of hydrogen-bond acceptors (Lipinski definition) is 1. The van der Waals surface area contributed by atoms with Crippen LogP contribution >= 0.6 is 15.9 Å². The van der Waals surface area contributed by atoms with E-state index >= 15 is 0 Å². The number of aryl methyl sites for hydroxylation is 1. The highest BCUT2D eigenvalue weighted by atomic mass is 79.9. The van der Waals surface area contributed by atoms with E-state index in [2.05, 4.69) is 21.2 Å². The van der Waals surface area contributed by atoms with Crippen molar-refractivity contribution in [1.82, 2.24) is 0 Å². The van der Waals surface area contributed by atoms with Crippen molar-refractivity contribution in [3.63, 3.8) is 0 Å². The van der Waals surface area contributed by atoms with Crippen molar-refractivity contribution >= 4 is 27.7 Å². The van der Waals surface area contributed by atoms with Crippen LogP contribution in [0.15, 0.2) is 24.3 Å². The Bertz CT molecular complexity index is 315. The van der Waals surface area contributed by atoms with Gasteiger partial charge in [-0.05, 0) is 24.5 Å². The predicted octanol–water partition coefficient (Wildman–Crippen LogP) is 3.10. The first-order valence-corrected chi connectivity index (χ1v) is 5.50. The number of para-hydroxylation sites is 1. The standard InChI is InChI=1S/C10H12BrNO2/c11-7-3-5-8-4-1-2-6-9(8)12-10(13)14/h1-2,4,6,12H,3,5,7H2,(H,13,14). The molecule has 0 atom stereocenters. The molecule has 14 heavy (non-hydrogen) atoms. The van der Waals surface area contributed by atoms with E-state index in [1.807, 2.05) is 18.2 Å². The van der Waals surface area contributed by atoms with Gasteiger partial charge in [0.2, 0.25) is 0 Å². The summed E-state index contributed by atoms with van der Waals surface area (Å²) in [7, 11) is 0. The highest BCUT2D eigenvalue weighted by Gasteiger charge is 2.03. The van der Waals surface area contributed by atoms with Crippen LogP contribution < -0.4 is 5.32 Å². The molecule has 1 rings (SSSR count). The van der Waals surface area contributed by atoms with Crippen LogP contribution in [0.3, 0.4) is 0 Å². The molecule has 0 heterocycles. The van der Waals surface area contributed by atoms with E-state index in [0.717, 1.165) is 23.7 Å². The van der Waals surface area contributed by atoms with E-state index in [1.165, 1.54) is 0 Å². The Morgan fingerprint density at radius 1 is 1.43 bits per heavy atom. The monoisotopic (exact) mass is 257 g/mol. The molecule has 0 spiro atoms. The Hall–Kier alpha value is -1.03. The molecular formula is C10H12BrNO2. The van der Waals surface area contributed by atoms with Crippen LogP contribution in [-0.4, -0.2) is 16.5 Å². The first kappa shape index (κ1) is 11.0. The lowest BCUT2D eigenvalue weighted by Crippen LogP contribution is -2.09. The van der Waals surface area contributed by atoms with Crippen molar-refractivity contribution in [3.05, 3.63) is 29.8 Å². The Labute approximate surface area is 91.3 Å². The van der Waals surface area contributed by atoms with Crippen LogP contribution in [0.1, 0.15) is 12.0 Å². The van der Waals surface area contributed by atoms with Gasteiger partial charge in [0.05, 0.1) is 0 Å². The van der Waals surface area contributed by atoms with Crippen LogP contribution in [0.2, 0.25) is 0 Å². The van der Waals surface area contributed by atoms with Crippen molar-refractivity contribution in [3.8, 4) is 0 Å². The number of hydrogen-bond donors (Lipinski definition) is 2. The van der Waals surface area contributed by atoms with Gasteiger partial charge in [-0.1, -0.05) is 34.1 Å². The molecule has 0 radical (unpaired) electrons. The van der Waals surface area contributed by atoms with Gasteiger partial charge in [-0.25, -0.2) is 4.79 Å². The van der Waals surface area contributed by atoms with Crippen molar-refractivity contribution in [2.75, 3.05) is 10.6 Å². The van der Waals surface area contributed by atoms with E-state index in [9.17, 15) is 4.79 Å². The molecule has 1 aromatic rings. The van der Waals surface area contributed by atoms with Crippen LogP contribution in [0.5, 0.6) is 0 Å². The number of benzene rings is 1. The van der Waals surface area contributed by atoms with Gasteiger partial charge in [-0.15, -0.1) is 0 Å². The maximum atomic E-state index is 10.5. The maximum Gasteiger partial charge on any atom is 0.409 e. The molecule has 0 aliphatic carbocycles. The zero-order chi connectivity index (χ0) is 10.4. The molecule has 0 unspecified atom stereocenters. The highest BCUT2D eigenvalue weighted by Crippen LogP contribution is 2.16. The second-order valence-electron chi connectivity index (χ2n) is 2.88. The fourth-order valence-corrected chi connectivity index (χ4v) is 1.51. The lowest BCUT2D eigenvalue weighted by atomic mass is 10.1. The van der Waals surface area contributed by atoms with Crippen molar-refractivity contribution in [1.29, 1.82) is 0 Å². The summed E-state index contributed by atoms with van der Waals surface area (Å²) >= 11 is 3.35. The van der Waals surface area contributed by atoms with Crippen molar-refractivity contribution < 1.29 is 9.90 Å². The van der Waals surface area contributed by atoms with Crippen molar-refractivity contribution in [2.24, 2.45) is 0 Å². The Kier molecular flexibility index (Phi) is 4.46. The van der Waals surface area contributed by atoms with E-state index in [1.54, 1.807) is 6.07 Å². The molecule has 0 saturated heterocycles. The van der Waals surface area contributed by atoms with Gasteiger partial charge in [0.15, 0.2) is 0 Å². The number of nitrogens with one attached hydrogen (secondary N) is 1. The summed E-state index contributed by atoms with van der Waals surface area (Å²) in [4.78, 5) is 10.5. The van der Waals surface area contributed by atoms with Gasteiger partial charge in [0.1, 0.15) is 0 Å². The first-order chi connectivity index (χ1) is 6.74. The predicted molar refractivity (Wildman–Crippen MR) is 60.2 cm³/mol. The average Bonchev–Trinajstić information content (AvgIpc) is 2.16. The number of halogens is 1. The second-order valence-corrected chi connectivity index (χ2v) is 3.67. The summed E-state index contributed by atoms with van der Waals surface area (Å²) < 4.78 is 0. The zero-order valence-corrected chi connectivity index (χ0v) is 9.25. The third-order valence-corrected chi connectivity index (χ3v) is 2.40. The van der Waals surface area contributed by atoms with E-state index in [4.69, 9.17) is 5.11 Å². The van der Waals surface area contributed by atoms with E-state index in [-0.39, 0.29) is 0 Å². The molecule has 0 fully saturated rings. The minimum absolute atomic E-state index is 0.681. The lowest BCUT2D eigenvalue weighted by Gasteiger charge is -2.07. The Morgan fingerprint density at radius 2 is 2.14 bits per heavy atom. The fourth-order valence-electron chi connectivity index (χ4n) is 1.23. The molecule has 76 valence electrons. The highest BCUT2D eigenvalue weighted by molar-refractivity contribution is 9.09. The lowest BCUT2D eigenvalue weighted by molar-refractivity contribution is 0.209. The topological polar surface area (TPSA) is 49.3 Å². The van der Waals surface area contributed by atoms with Crippen molar-refractivity contribution in [2.45, 2.75) is 12.8 Å². The Balaban J connectivity index is 2.74. The summed E-state index contributed by atoms with van der Waals surface area (Å²) in [5.74, 6) is 0. The van der Waals surface area contributed by atoms with E-state index < -0.39 is 6.09 Å². The summed E-state index contributed by atoms with van der Waals surface area (Å²) in [5, 5.41) is 11.9. The molecule has 0 aliphatic rings. The summed E-state index contributed by atoms with van der Waals surface area (Å²) in [6.45, 7) is 0. The number of carboxylic acid groups (broad SMARTS) is 1. The van der Waals surface area contributed by atoms with Gasteiger partial charge in [-0.3, -0.25) is 5.32 Å². The molecule has 2 N–H and O–H groups in total. The fraction of sp³-hybridized carbons (Fsp3) is 0.300. The summed E-state index contributed by atoms with van der Waals surface area (Å²) in [5.41, 5.74) is 1.72. The number of carbonyl (C=O) groups is 1. The molecule has 0 bridgehead atoms. The third-order valence-electron chi connectivity index (χ3n) is 1.84. The molecule has 4 heteroatoms. The van der Waals surface area contributed by atoms with Crippen LogP contribution in [0.25, 0.3) is 0 Å². The van der Waals surface area contributed by atoms with Gasteiger partial charge in [-0.2, -0.15) is 0 Å². The number of rotatable bonds is 4. The second kappa shape index (κ2) is 5.65. The largest absolute Gasteiger partial charge is 0.465 e. The molecular weight excluding hydrogens is 246 g/mol. The summed E-state index contributed by atoms with van der Waals surface area (Å²) in [6, 6.07) is 7.45. The molecule has 0 aromatic heterocycles. The molecule has 1 aromatic carbocycles. The molecule has 0 aliphatic heterocycles. The molecule has 0 saturated carbocycles. The van der Waals surface area contributed by atoms with Gasteiger partial charge in [0, 0.05) is 11.0 Å². The zero-order valence-electron chi connectivity index (χ0n) is 7.66. The first-order valence-electron chi connectivity index (χ1n) is 4.38. The number of alkyl halides is 1. The third kappa shape index (κ3) is 3.38.